The average molecular weight is 456 g/mol. The molecule has 0 fully saturated rings. The molecule has 2 heterocycles. The van der Waals surface area contributed by atoms with Gasteiger partial charge in [-0.25, -0.2) is 14.4 Å². The fourth-order valence-electron chi connectivity index (χ4n) is 2.61. The van der Waals surface area contributed by atoms with Crippen molar-refractivity contribution < 1.29 is 23.5 Å². The minimum atomic E-state index is -0.530. The van der Waals surface area contributed by atoms with Crippen molar-refractivity contribution in [2.45, 2.75) is 6.92 Å². The number of hydrogen-bond acceptors (Lipinski definition) is 7. The van der Waals surface area contributed by atoms with Crippen LogP contribution in [-0.2, 0) is 14.3 Å². The molecule has 166 valence electrons. The van der Waals surface area contributed by atoms with Gasteiger partial charge in [-0.05, 0) is 24.3 Å². The molecule has 1 aromatic carbocycles. The van der Waals surface area contributed by atoms with Crippen molar-refractivity contribution in [3.8, 4) is 5.88 Å². The van der Waals surface area contributed by atoms with Crippen LogP contribution in [0.5, 0.6) is 5.88 Å². The number of aromatic nitrogens is 2. The predicted octanol–water partition coefficient (Wildman–Crippen LogP) is 4.04. The van der Waals surface area contributed by atoms with E-state index >= 15 is 0 Å². The minimum absolute atomic E-state index is 0.116. The van der Waals surface area contributed by atoms with Crippen LogP contribution in [0.2, 0.25) is 0 Å². The van der Waals surface area contributed by atoms with E-state index in [0.29, 0.717) is 35.6 Å². The highest BCUT2D eigenvalue weighted by Gasteiger charge is 2.20. The summed E-state index contributed by atoms with van der Waals surface area (Å²) in [7, 11) is 1.58. The summed E-state index contributed by atoms with van der Waals surface area (Å²) in [5.74, 6) is -0.861. The quantitative estimate of drug-likeness (QED) is 0.386. The summed E-state index contributed by atoms with van der Waals surface area (Å²) in [6.45, 7) is 2.16. The van der Waals surface area contributed by atoms with Gasteiger partial charge in [0, 0.05) is 31.6 Å². The Morgan fingerprint density at radius 3 is 2.72 bits per heavy atom. The molecular formula is C22H21FN4O4S. The SMILES string of the molecule is COCCOc1ccc(NC(=O)/C=C/c2csc(N(C(C)=O)c3ccccc3F)n2)cn1. The zero-order chi connectivity index (χ0) is 22.9. The first-order chi connectivity index (χ1) is 15.5. The first-order valence-corrected chi connectivity index (χ1v) is 10.4. The molecule has 3 rings (SSSR count). The maximum Gasteiger partial charge on any atom is 0.248 e. The van der Waals surface area contributed by atoms with E-state index in [1.165, 1.54) is 53.6 Å². The third kappa shape index (κ3) is 6.19. The van der Waals surface area contributed by atoms with Crippen LogP contribution in [0.3, 0.4) is 0 Å². The molecule has 0 bridgehead atoms. The van der Waals surface area contributed by atoms with Crippen LogP contribution in [0.1, 0.15) is 12.6 Å². The van der Waals surface area contributed by atoms with Gasteiger partial charge >= 0.3 is 0 Å². The number of para-hydroxylation sites is 1. The Morgan fingerprint density at radius 1 is 1.22 bits per heavy atom. The fourth-order valence-corrected chi connectivity index (χ4v) is 3.46. The molecule has 32 heavy (non-hydrogen) atoms. The lowest BCUT2D eigenvalue weighted by atomic mass is 10.3. The molecule has 0 saturated heterocycles. The minimum Gasteiger partial charge on any atom is -0.475 e. The van der Waals surface area contributed by atoms with Crippen molar-refractivity contribution in [2.75, 3.05) is 30.5 Å². The first kappa shape index (κ1) is 23.0. The number of amides is 2. The summed E-state index contributed by atoms with van der Waals surface area (Å²) in [5, 5.41) is 4.65. The number of pyridine rings is 1. The number of methoxy groups -OCH3 is 1. The van der Waals surface area contributed by atoms with Gasteiger partial charge in [0.1, 0.15) is 12.4 Å². The highest BCUT2D eigenvalue weighted by molar-refractivity contribution is 7.14. The topological polar surface area (TPSA) is 93.7 Å². The van der Waals surface area contributed by atoms with Crippen LogP contribution in [0.15, 0.2) is 54.1 Å². The van der Waals surface area contributed by atoms with Crippen LogP contribution < -0.4 is 15.0 Å². The lowest BCUT2D eigenvalue weighted by molar-refractivity contribution is -0.116. The highest BCUT2D eigenvalue weighted by atomic mass is 32.1. The van der Waals surface area contributed by atoms with Gasteiger partial charge in [-0.1, -0.05) is 12.1 Å². The Balaban J connectivity index is 1.63. The third-order valence-electron chi connectivity index (χ3n) is 4.06. The van der Waals surface area contributed by atoms with Gasteiger partial charge < -0.3 is 14.8 Å². The monoisotopic (exact) mass is 456 g/mol. The molecule has 0 unspecified atom stereocenters. The second-order valence-corrected chi connectivity index (χ2v) is 7.25. The van der Waals surface area contributed by atoms with Gasteiger partial charge in [0.15, 0.2) is 5.13 Å². The van der Waals surface area contributed by atoms with E-state index in [-0.39, 0.29) is 17.5 Å². The predicted molar refractivity (Wildman–Crippen MR) is 121 cm³/mol. The summed E-state index contributed by atoms with van der Waals surface area (Å²) in [6.07, 6.45) is 4.29. The summed E-state index contributed by atoms with van der Waals surface area (Å²) in [4.78, 5) is 33.9. The number of hydrogen-bond donors (Lipinski definition) is 1. The molecule has 3 aromatic rings. The number of rotatable bonds is 9. The van der Waals surface area contributed by atoms with Gasteiger partial charge in [-0.2, -0.15) is 0 Å². The Kier molecular flexibility index (Phi) is 8.01. The Hall–Kier alpha value is -3.63. The standard InChI is InChI=1S/C22H21FN4O4S/c1-15(28)27(19-6-4-3-5-18(19)23)22-26-17(14-32-22)7-9-20(29)25-16-8-10-21(24-13-16)31-12-11-30-2/h3-10,13-14H,11-12H2,1-2H3,(H,25,29)/b9-7+. The lowest BCUT2D eigenvalue weighted by Crippen LogP contribution is -2.23. The number of carbonyl (C=O) groups excluding carboxylic acids is 2. The van der Waals surface area contributed by atoms with E-state index in [4.69, 9.17) is 9.47 Å². The molecule has 0 aliphatic heterocycles. The molecule has 0 spiro atoms. The van der Waals surface area contributed by atoms with Gasteiger partial charge in [-0.3, -0.25) is 14.5 Å². The normalized spacial score (nSPS) is 10.8. The molecule has 0 atom stereocenters. The van der Waals surface area contributed by atoms with E-state index in [1.54, 1.807) is 36.8 Å². The molecule has 0 aliphatic rings. The zero-order valence-corrected chi connectivity index (χ0v) is 18.3. The number of ether oxygens (including phenoxy) is 2. The van der Waals surface area contributed by atoms with Crippen LogP contribution in [-0.4, -0.2) is 42.1 Å². The van der Waals surface area contributed by atoms with Gasteiger partial charge in [0.05, 0.1) is 29.9 Å². The van der Waals surface area contributed by atoms with E-state index in [1.807, 2.05) is 0 Å². The Bertz CT molecular complexity index is 1100. The van der Waals surface area contributed by atoms with Gasteiger partial charge in [0.25, 0.3) is 0 Å². The summed E-state index contributed by atoms with van der Waals surface area (Å²) < 4.78 is 24.4. The number of halogens is 1. The maximum absolute atomic E-state index is 14.2. The molecule has 2 amide bonds. The van der Waals surface area contributed by atoms with E-state index in [2.05, 4.69) is 15.3 Å². The number of nitrogens with one attached hydrogen (secondary N) is 1. The lowest BCUT2D eigenvalue weighted by Gasteiger charge is -2.18. The molecular weight excluding hydrogens is 435 g/mol. The number of nitrogens with zero attached hydrogens (tertiary/aromatic N) is 3. The van der Waals surface area contributed by atoms with Crippen LogP contribution >= 0.6 is 11.3 Å². The first-order valence-electron chi connectivity index (χ1n) is 9.55. The van der Waals surface area contributed by atoms with Crippen LogP contribution in [0, 0.1) is 5.82 Å². The van der Waals surface area contributed by atoms with Crippen molar-refractivity contribution in [3.05, 3.63) is 65.6 Å². The number of benzene rings is 1. The summed E-state index contributed by atoms with van der Waals surface area (Å²) >= 11 is 1.17. The van der Waals surface area contributed by atoms with Crippen molar-refractivity contribution in [3.63, 3.8) is 0 Å². The van der Waals surface area contributed by atoms with Gasteiger partial charge in [-0.15, -0.1) is 11.3 Å². The smallest absolute Gasteiger partial charge is 0.248 e. The number of thiazole rings is 1. The van der Waals surface area contributed by atoms with Gasteiger partial charge in [0.2, 0.25) is 17.7 Å². The molecule has 1 N–H and O–H groups in total. The van der Waals surface area contributed by atoms with E-state index < -0.39 is 5.82 Å². The molecule has 0 aliphatic carbocycles. The highest BCUT2D eigenvalue weighted by Crippen LogP contribution is 2.31. The van der Waals surface area contributed by atoms with E-state index in [0.717, 1.165) is 0 Å². The second kappa shape index (κ2) is 11.1. The number of anilines is 3. The Labute approximate surface area is 188 Å². The molecule has 0 radical (unpaired) electrons. The summed E-state index contributed by atoms with van der Waals surface area (Å²) in [6, 6.07) is 9.27. The average Bonchev–Trinajstić information content (AvgIpc) is 3.23. The summed E-state index contributed by atoms with van der Waals surface area (Å²) in [5.41, 5.74) is 1.08. The van der Waals surface area contributed by atoms with Crippen LogP contribution in [0.4, 0.5) is 20.9 Å². The second-order valence-electron chi connectivity index (χ2n) is 6.41. The Morgan fingerprint density at radius 2 is 2.03 bits per heavy atom. The van der Waals surface area contributed by atoms with Crippen molar-refractivity contribution in [2.24, 2.45) is 0 Å². The largest absolute Gasteiger partial charge is 0.475 e. The van der Waals surface area contributed by atoms with Crippen molar-refractivity contribution in [1.82, 2.24) is 9.97 Å². The van der Waals surface area contributed by atoms with Crippen molar-refractivity contribution >= 4 is 45.7 Å². The molecule has 8 nitrogen and oxygen atoms in total. The van der Waals surface area contributed by atoms with E-state index in [9.17, 15) is 14.0 Å². The fraction of sp³-hybridized carbons (Fsp3) is 0.182. The maximum atomic E-state index is 14.2. The number of carbonyl (C=O) groups is 2. The molecule has 0 saturated carbocycles. The molecule has 2 aromatic heterocycles. The van der Waals surface area contributed by atoms with Crippen molar-refractivity contribution in [1.29, 1.82) is 0 Å². The zero-order valence-electron chi connectivity index (χ0n) is 17.4. The molecule has 10 heteroatoms. The third-order valence-corrected chi connectivity index (χ3v) is 4.90. The van der Waals surface area contributed by atoms with Crippen LogP contribution in [0.25, 0.3) is 6.08 Å².